The van der Waals surface area contributed by atoms with Crippen molar-refractivity contribution in [1.82, 2.24) is 0 Å². The van der Waals surface area contributed by atoms with E-state index in [2.05, 4.69) is 0 Å². The minimum absolute atomic E-state index is 0.223. The third-order valence-corrected chi connectivity index (χ3v) is 2.56. The smallest absolute Gasteiger partial charge is 0.221 e. The molecule has 0 aromatic heterocycles. The summed E-state index contributed by atoms with van der Waals surface area (Å²) >= 11 is 0. The Bertz CT molecular complexity index is 391. The minimum atomic E-state index is -0.351. The molecule has 1 aliphatic rings. The van der Waals surface area contributed by atoms with Gasteiger partial charge in [-0.25, -0.2) is 0 Å². The zero-order chi connectivity index (χ0) is 10.8. The number of primary amides is 1. The fraction of sp³-hybridized carbons (Fsp3) is 0.333. The summed E-state index contributed by atoms with van der Waals surface area (Å²) in [7, 11) is 0. The molecule has 0 saturated heterocycles. The quantitative estimate of drug-likeness (QED) is 0.750. The zero-order valence-electron chi connectivity index (χ0n) is 8.40. The number of hydrogen-bond donors (Lipinski definition) is 1. The van der Waals surface area contributed by atoms with Gasteiger partial charge in [0.1, 0.15) is 0 Å². The van der Waals surface area contributed by atoms with Gasteiger partial charge in [0.25, 0.3) is 0 Å². The van der Waals surface area contributed by atoms with Crippen LogP contribution in [0, 0.1) is 5.92 Å². The highest BCUT2D eigenvalue weighted by Gasteiger charge is 2.30. The number of carbonyl (C=O) groups excluding carboxylic acids is 2. The number of benzene rings is 1. The van der Waals surface area contributed by atoms with Gasteiger partial charge in [-0.05, 0) is 18.4 Å². The van der Waals surface area contributed by atoms with E-state index in [1.165, 1.54) is 0 Å². The van der Waals surface area contributed by atoms with Gasteiger partial charge in [0.05, 0.1) is 6.42 Å². The standard InChI is InChI=1S/C12H13NO2/c13-11(14)7-8-1-3-9(4-2-8)12(15)10-5-6-10/h1-4,10H,5-7H2,(H2,13,14). The number of carbonyl (C=O) groups is 2. The molecule has 1 aromatic carbocycles. The molecule has 3 nitrogen and oxygen atoms in total. The predicted molar refractivity (Wildman–Crippen MR) is 56.4 cm³/mol. The van der Waals surface area contributed by atoms with Crippen LogP contribution < -0.4 is 5.73 Å². The number of nitrogens with two attached hydrogens (primary N) is 1. The fourth-order valence-electron chi connectivity index (χ4n) is 1.57. The molecule has 1 amide bonds. The van der Waals surface area contributed by atoms with Crippen LogP contribution in [0.5, 0.6) is 0 Å². The van der Waals surface area contributed by atoms with Crippen molar-refractivity contribution in [2.75, 3.05) is 0 Å². The van der Waals surface area contributed by atoms with Crippen LogP contribution in [0.25, 0.3) is 0 Å². The van der Waals surface area contributed by atoms with Crippen LogP contribution in [-0.2, 0) is 11.2 Å². The van der Waals surface area contributed by atoms with E-state index in [0.717, 1.165) is 24.0 Å². The van der Waals surface area contributed by atoms with E-state index >= 15 is 0 Å². The summed E-state index contributed by atoms with van der Waals surface area (Å²) in [6.07, 6.45) is 2.27. The molecular weight excluding hydrogens is 190 g/mol. The van der Waals surface area contributed by atoms with E-state index in [0.29, 0.717) is 0 Å². The van der Waals surface area contributed by atoms with Crippen molar-refractivity contribution in [3.05, 3.63) is 35.4 Å². The van der Waals surface area contributed by atoms with Crippen LogP contribution in [0.3, 0.4) is 0 Å². The van der Waals surface area contributed by atoms with Gasteiger partial charge in [-0.3, -0.25) is 9.59 Å². The Morgan fingerprint density at radius 3 is 2.27 bits per heavy atom. The van der Waals surface area contributed by atoms with Crippen LogP contribution in [0.2, 0.25) is 0 Å². The monoisotopic (exact) mass is 203 g/mol. The van der Waals surface area contributed by atoms with Crippen molar-refractivity contribution < 1.29 is 9.59 Å². The summed E-state index contributed by atoms with van der Waals surface area (Å²) in [5.41, 5.74) is 6.67. The highest BCUT2D eigenvalue weighted by molar-refractivity contribution is 5.99. The van der Waals surface area contributed by atoms with E-state index in [1.807, 2.05) is 0 Å². The normalized spacial score (nSPS) is 14.9. The minimum Gasteiger partial charge on any atom is -0.369 e. The first-order chi connectivity index (χ1) is 7.16. The van der Waals surface area contributed by atoms with Crippen molar-refractivity contribution in [2.24, 2.45) is 11.7 Å². The summed E-state index contributed by atoms with van der Waals surface area (Å²) in [5.74, 6) is 0.115. The maximum absolute atomic E-state index is 11.6. The first kappa shape index (κ1) is 9.90. The number of ketones is 1. The third-order valence-electron chi connectivity index (χ3n) is 2.56. The summed E-state index contributed by atoms with van der Waals surface area (Å²) in [6, 6.07) is 7.14. The third kappa shape index (κ3) is 2.43. The lowest BCUT2D eigenvalue weighted by atomic mass is 10.0. The second kappa shape index (κ2) is 3.85. The molecule has 2 N–H and O–H groups in total. The number of Topliss-reactive ketones (excluding diaryl/α,β-unsaturated/α-hetero) is 1. The largest absolute Gasteiger partial charge is 0.369 e. The molecule has 0 radical (unpaired) electrons. The van der Waals surface area contributed by atoms with Crippen LogP contribution >= 0.6 is 0 Å². The Balaban J connectivity index is 2.09. The molecule has 0 aliphatic heterocycles. The summed E-state index contributed by atoms with van der Waals surface area (Å²) < 4.78 is 0. The molecule has 0 bridgehead atoms. The Morgan fingerprint density at radius 1 is 1.20 bits per heavy atom. The van der Waals surface area contributed by atoms with Crippen molar-refractivity contribution in [2.45, 2.75) is 19.3 Å². The highest BCUT2D eigenvalue weighted by atomic mass is 16.1. The fourth-order valence-corrected chi connectivity index (χ4v) is 1.57. The molecule has 0 unspecified atom stereocenters. The SMILES string of the molecule is NC(=O)Cc1ccc(C(=O)C2CC2)cc1. The summed E-state index contributed by atoms with van der Waals surface area (Å²) in [4.78, 5) is 22.3. The lowest BCUT2D eigenvalue weighted by molar-refractivity contribution is -0.117. The topological polar surface area (TPSA) is 60.2 Å². The number of rotatable bonds is 4. The molecule has 1 fully saturated rings. The van der Waals surface area contributed by atoms with Gasteiger partial charge >= 0.3 is 0 Å². The second-order valence-corrected chi connectivity index (χ2v) is 3.98. The molecule has 2 rings (SSSR count). The van der Waals surface area contributed by atoms with Crippen molar-refractivity contribution in [1.29, 1.82) is 0 Å². The van der Waals surface area contributed by atoms with Crippen LogP contribution in [0.15, 0.2) is 24.3 Å². The van der Waals surface area contributed by atoms with Gasteiger partial charge in [0.15, 0.2) is 5.78 Å². The first-order valence-electron chi connectivity index (χ1n) is 5.08. The molecule has 1 saturated carbocycles. The van der Waals surface area contributed by atoms with E-state index in [4.69, 9.17) is 5.73 Å². The van der Waals surface area contributed by atoms with Gasteiger partial charge in [-0.15, -0.1) is 0 Å². The molecule has 78 valence electrons. The van der Waals surface area contributed by atoms with Crippen LogP contribution in [0.4, 0.5) is 0 Å². The van der Waals surface area contributed by atoms with E-state index in [-0.39, 0.29) is 24.0 Å². The van der Waals surface area contributed by atoms with Gasteiger partial charge in [-0.2, -0.15) is 0 Å². The Hall–Kier alpha value is -1.64. The van der Waals surface area contributed by atoms with E-state index in [1.54, 1.807) is 24.3 Å². The Kier molecular flexibility index (Phi) is 2.54. The lowest BCUT2D eigenvalue weighted by Crippen LogP contribution is -2.13. The molecule has 15 heavy (non-hydrogen) atoms. The maximum atomic E-state index is 11.6. The lowest BCUT2D eigenvalue weighted by Gasteiger charge is -2.01. The molecule has 1 aromatic rings. The molecule has 3 heteroatoms. The average Bonchev–Trinajstić information content (AvgIpc) is 3.00. The summed E-state index contributed by atoms with van der Waals surface area (Å²) in [5, 5.41) is 0. The van der Waals surface area contributed by atoms with Crippen molar-refractivity contribution in [3.63, 3.8) is 0 Å². The highest BCUT2D eigenvalue weighted by Crippen LogP contribution is 2.32. The van der Waals surface area contributed by atoms with Crippen molar-refractivity contribution in [3.8, 4) is 0 Å². The van der Waals surface area contributed by atoms with E-state index < -0.39 is 0 Å². The molecule has 0 atom stereocenters. The van der Waals surface area contributed by atoms with Gasteiger partial charge < -0.3 is 5.73 Å². The van der Waals surface area contributed by atoms with Crippen LogP contribution in [-0.4, -0.2) is 11.7 Å². The van der Waals surface area contributed by atoms with Gasteiger partial charge in [0, 0.05) is 11.5 Å². The van der Waals surface area contributed by atoms with E-state index in [9.17, 15) is 9.59 Å². The Labute approximate surface area is 88.3 Å². The first-order valence-corrected chi connectivity index (χ1v) is 5.08. The number of hydrogen-bond acceptors (Lipinski definition) is 2. The zero-order valence-corrected chi connectivity index (χ0v) is 8.40. The molecule has 0 spiro atoms. The van der Waals surface area contributed by atoms with Gasteiger partial charge in [0.2, 0.25) is 5.91 Å². The average molecular weight is 203 g/mol. The van der Waals surface area contributed by atoms with Crippen molar-refractivity contribution >= 4 is 11.7 Å². The molecular formula is C12H13NO2. The second-order valence-electron chi connectivity index (χ2n) is 3.98. The molecule has 1 aliphatic carbocycles. The summed E-state index contributed by atoms with van der Waals surface area (Å²) in [6.45, 7) is 0. The van der Waals surface area contributed by atoms with Crippen LogP contribution in [0.1, 0.15) is 28.8 Å². The predicted octanol–water partition coefficient (Wildman–Crippen LogP) is 1.31. The number of amides is 1. The molecule has 0 heterocycles. The van der Waals surface area contributed by atoms with Gasteiger partial charge in [-0.1, -0.05) is 24.3 Å². The Morgan fingerprint density at radius 2 is 1.80 bits per heavy atom. The maximum Gasteiger partial charge on any atom is 0.221 e.